The molecule has 1 aromatic carbocycles. The SMILES string of the molecule is CCc1ccc(NC(=O)c2nnc(COC(=O)Cn3cnc4c(cnn4C)c3=O)s2)cc1. The molecule has 3 aromatic heterocycles. The van der Waals surface area contributed by atoms with E-state index in [-0.39, 0.29) is 23.7 Å². The summed E-state index contributed by atoms with van der Waals surface area (Å²) in [6, 6.07) is 7.52. The Bertz CT molecular complexity index is 1340. The first-order valence-electron chi connectivity index (χ1n) is 9.70. The van der Waals surface area contributed by atoms with Crippen LogP contribution in [0.1, 0.15) is 27.3 Å². The zero-order chi connectivity index (χ0) is 22.7. The van der Waals surface area contributed by atoms with Gasteiger partial charge in [-0.3, -0.25) is 23.6 Å². The maximum absolute atomic E-state index is 12.4. The Morgan fingerprint density at radius 3 is 2.72 bits per heavy atom. The minimum absolute atomic E-state index is 0.151. The van der Waals surface area contributed by atoms with Gasteiger partial charge in [-0.25, -0.2) is 4.98 Å². The highest BCUT2D eigenvalue weighted by molar-refractivity contribution is 7.13. The minimum atomic E-state index is -0.644. The Labute approximate surface area is 185 Å². The fraction of sp³-hybridized carbons (Fsp3) is 0.250. The zero-order valence-corrected chi connectivity index (χ0v) is 18.1. The number of benzene rings is 1. The molecule has 0 saturated carbocycles. The van der Waals surface area contributed by atoms with Crippen molar-refractivity contribution in [2.24, 2.45) is 7.05 Å². The predicted octanol–water partition coefficient (Wildman–Crippen LogP) is 1.54. The van der Waals surface area contributed by atoms with Crippen LogP contribution in [0, 0.1) is 0 Å². The summed E-state index contributed by atoms with van der Waals surface area (Å²) in [5.74, 6) is -1.04. The molecule has 32 heavy (non-hydrogen) atoms. The van der Waals surface area contributed by atoms with Crippen molar-refractivity contribution in [3.8, 4) is 0 Å². The van der Waals surface area contributed by atoms with Crippen molar-refractivity contribution in [3.63, 3.8) is 0 Å². The number of hydrogen-bond acceptors (Lipinski definition) is 9. The third kappa shape index (κ3) is 4.54. The normalized spacial score (nSPS) is 10.9. The number of hydrogen-bond donors (Lipinski definition) is 1. The van der Waals surface area contributed by atoms with Crippen LogP contribution in [-0.2, 0) is 36.2 Å². The van der Waals surface area contributed by atoms with Gasteiger partial charge in [0.05, 0.1) is 6.20 Å². The molecular formula is C20H19N7O4S. The molecule has 0 aliphatic rings. The molecule has 0 aliphatic carbocycles. The van der Waals surface area contributed by atoms with E-state index in [1.165, 1.54) is 22.8 Å². The molecule has 0 saturated heterocycles. The summed E-state index contributed by atoms with van der Waals surface area (Å²) in [6.45, 7) is 1.58. The predicted molar refractivity (Wildman–Crippen MR) is 116 cm³/mol. The molecule has 11 nitrogen and oxygen atoms in total. The highest BCUT2D eigenvalue weighted by Crippen LogP contribution is 2.15. The maximum Gasteiger partial charge on any atom is 0.326 e. The molecule has 1 N–H and O–H groups in total. The first-order valence-corrected chi connectivity index (χ1v) is 10.5. The molecule has 0 bridgehead atoms. The Kier molecular flexibility index (Phi) is 6.03. The standard InChI is InChI=1S/C20H19N7O4S/c1-3-12-4-6-13(7-5-12)23-18(29)19-25-24-15(32-19)10-31-16(28)9-27-11-21-17-14(20(27)30)8-22-26(17)2/h4-8,11H,3,9-10H2,1-2H3,(H,23,29). The minimum Gasteiger partial charge on any atom is -0.457 e. The van der Waals surface area contributed by atoms with Crippen molar-refractivity contribution in [2.75, 3.05) is 5.32 Å². The number of fused-ring (bicyclic) bond motifs is 1. The van der Waals surface area contributed by atoms with Crippen LogP contribution in [0.15, 0.2) is 41.6 Å². The van der Waals surface area contributed by atoms with Crippen molar-refractivity contribution in [2.45, 2.75) is 26.5 Å². The van der Waals surface area contributed by atoms with Crippen molar-refractivity contribution >= 4 is 39.9 Å². The number of nitrogens with one attached hydrogen (secondary N) is 1. The number of carbonyl (C=O) groups is 2. The monoisotopic (exact) mass is 453 g/mol. The van der Waals surface area contributed by atoms with Crippen molar-refractivity contribution in [3.05, 3.63) is 62.7 Å². The lowest BCUT2D eigenvalue weighted by Crippen LogP contribution is -2.25. The molecule has 0 atom stereocenters. The van der Waals surface area contributed by atoms with E-state index in [4.69, 9.17) is 4.74 Å². The van der Waals surface area contributed by atoms with Gasteiger partial charge in [-0.05, 0) is 24.1 Å². The summed E-state index contributed by atoms with van der Waals surface area (Å²) in [5.41, 5.74) is 1.86. The third-order valence-corrected chi connectivity index (χ3v) is 5.55. The molecule has 4 aromatic rings. The second-order valence-electron chi connectivity index (χ2n) is 6.85. The summed E-state index contributed by atoms with van der Waals surface area (Å²) in [5, 5.41) is 15.3. The number of amides is 1. The van der Waals surface area contributed by atoms with E-state index in [0.717, 1.165) is 22.3 Å². The molecule has 4 rings (SSSR count). The number of anilines is 1. The molecular weight excluding hydrogens is 434 g/mol. The van der Waals surface area contributed by atoms with Gasteiger partial charge in [0.1, 0.15) is 24.9 Å². The van der Waals surface area contributed by atoms with E-state index in [9.17, 15) is 14.4 Å². The van der Waals surface area contributed by atoms with Gasteiger partial charge < -0.3 is 10.1 Å². The summed E-state index contributed by atoms with van der Waals surface area (Å²) >= 11 is 1.02. The topological polar surface area (TPSA) is 134 Å². The lowest BCUT2D eigenvalue weighted by molar-refractivity contribution is -0.145. The lowest BCUT2D eigenvalue weighted by Gasteiger charge is -2.05. The Hall–Kier alpha value is -3.93. The highest BCUT2D eigenvalue weighted by Gasteiger charge is 2.16. The average molecular weight is 453 g/mol. The summed E-state index contributed by atoms with van der Waals surface area (Å²) in [7, 11) is 1.67. The van der Waals surface area contributed by atoms with Crippen LogP contribution in [0.2, 0.25) is 0 Å². The Balaban J connectivity index is 1.33. The number of carbonyl (C=O) groups excluding carboxylic acids is 2. The van der Waals surface area contributed by atoms with E-state index in [2.05, 4.69) is 32.5 Å². The van der Waals surface area contributed by atoms with Crippen LogP contribution in [0.5, 0.6) is 0 Å². The van der Waals surface area contributed by atoms with Crippen LogP contribution in [0.3, 0.4) is 0 Å². The molecule has 0 spiro atoms. The first kappa shape index (κ1) is 21.3. The van der Waals surface area contributed by atoms with Gasteiger partial charge in [-0.15, -0.1) is 10.2 Å². The Morgan fingerprint density at radius 1 is 1.19 bits per heavy atom. The van der Waals surface area contributed by atoms with Crippen molar-refractivity contribution in [1.29, 1.82) is 0 Å². The number of aromatic nitrogens is 6. The van der Waals surface area contributed by atoms with Gasteiger partial charge in [-0.1, -0.05) is 30.4 Å². The summed E-state index contributed by atoms with van der Waals surface area (Å²) in [4.78, 5) is 41.0. The summed E-state index contributed by atoms with van der Waals surface area (Å²) < 4.78 is 7.79. The third-order valence-electron chi connectivity index (χ3n) is 4.66. The number of nitrogens with zero attached hydrogens (tertiary/aromatic N) is 6. The van der Waals surface area contributed by atoms with E-state index < -0.39 is 11.9 Å². The molecule has 0 radical (unpaired) electrons. The molecule has 0 unspecified atom stereocenters. The quantitative estimate of drug-likeness (QED) is 0.417. The van der Waals surface area contributed by atoms with Crippen molar-refractivity contribution < 1.29 is 14.3 Å². The molecule has 0 fully saturated rings. The largest absolute Gasteiger partial charge is 0.457 e. The summed E-state index contributed by atoms with van der Waals surface area (Å²) in [6.07, 6.45) is 3.59. The maximum atomic E-state index is 12.4. The van der Waals surface area contributed by atoms with E-state index >= 15 is 0 Å². The van der Waals surface area contributed by atoms with Gasteiger partial charge in [0.2, 0.25) is 5.01 Å². The van der Waals surface area contributed by atoms with Crippen LogP contribution in [0.4, 0.5) is 5.69 Å². The average Bonchev–Trinajstić information content (AvgIpc) is 3.42. The van der Waals surface area contributed by atoms with Crippen molar-refractivity contribution in [1.82, 2.24) is 29.5 Å². The van der Waals surface area contributed by atoms with Crippen LogP contribution in [0.25, 0.3) is 11.0 Å². The van der Waals surface area contributed by atoms with Gasteiger partial charge in [0.25, 0.3) is 11.5 Å². The number of aryl methyl sites for hydroxylation is 2. The molecule has 0 aliphatic heterocycles. The second-order valence-corrected chi connectivity index (χ2v) is 7.91. The number of rotatable bonds is 7. The lowest BCUT2D eigenvalue weighted by atomic mass is 10.1. The molecule has 1 amide bonds. The van der Waals surface area contributed by atoms with Crippen LogP contribution < -0.4 is 10.9 Å². The highest BCUT2D eigenvalue weighted by atomic mass is 32.1. The number of esters is 1. The molecule has 164 valence electrons. The zero-order valence-electron chi connectivity index (χ0n) is 17.3. The Morgan fingerprint density at radius 2 is 1.97 bits per heavy atom. The van der Waals surface area contributed by atoms with E-state index in [0.29, 0.717) is 21.7 Å². The van der Waals surface area contributed by atoms with E-state index in [1.54, 1.807) is 7.05 Å². The second kappa shape index (κ2) is 9.06. The number of ether oxygens (including phenoxy) is 1. The molecule has 12 heteroatoms. The van der Waals surface area contributed by atoms with Crippen LogP contribution in [-0.4, -0.2) is 41.4 Å². The fourth-order valence-electron chi connectivity index (χ4n) is 2.92. The first-order chi connectivity index (χ1) is 15.4. The fourth-order valence-corrected chi connectivity index (χ4v) is 3.57. The smallest absolute Gasteiger partial charge is 0.326 e. The van der Waals surface area contributed by atoms with Gasteiger partial charge >= 0.3 is 5.97 Å². The van der Waals surface area contributed by atoms with E-state index in [1.807, 2.05) is 24.3 Å². The van der Waals surface area contributed by atoms with Crippen LogP contribution >= 0.6 is 11.3 Å². The van der Waals surface area contributed by atoms with Gasteiger partial charge in [0, 0.05) is 12.7 Å². The molecule has 3 heterocycles. The van der Waals surface area contributed by atoms with Gasteiger partial charge in [0.15, 0.2) is 10.7 Å². The van der Waals surface area contributed by atoms with Gasteiger partial charge in [-0.2, -0.15) is 5.10 Å².